The van der Waals surface area contributed by atoms with Gasteiger partial charge in [0.05, 0.1) is 6.04 Å². The fourth-order valence-corrected chi connectivity index (χ4v) is 1.93. The monoisotopic (exact) mass is 267 g/mol. The molecule has 0 aliphatic carbocycles. The average Bonchev–Trinajstić information content (AvgIpc) is 2.36. The summed E-state index contributed by atoms with van der Waals surface area (Å²) in [5.41, 5.74) is 2.46. The van der Waals surface area contributed by atoms with Crippen LogP contribution in [0.15, 0.2) is 24.3 Å². The van der Waals surface area contributed by atoms with E-state index in [2.05, 4.69) is 43.4 Å². The van der Waals surface area contributed by atoms with Crippen LogP contribution < -0.4 is 5.32 Å². The molecule has 1 N–H and O–H groups in total. The van der Waals surface area contributed by atoms with Crippen molar-refractivity contribution in [1.29, 1.82) is 0 Å². The number of carbonyl (C=O) groups excluding carboxylic acids is 1. The Balaban J connectivity index is 2.56. The summed E-state index contributed by atoms with van der Waals surface area (Å²) >= 11 is 5.57. The third-order valence-corrected chi connectivity index (χ3v) is 3.29. The molecular weight excluding hydrogens is 246 g/mol. The van der Waals surface area contributed by atoms with E-state index in [1.807, 2.05) is 6.92 Å². The Morgan fingerprint density at radius 3 is 2.22 bits per heavy atom. The lowest BCUT2D eigenvalue weighted by Gasteiger charge is -2.15. The summed E-state index contributed by atoms with van der Waals surface area (Å²) in [6, 6.07) is 8.47. The largest absolute Gasteiger partial charge is 0.350 e. The lowest BCUT2D eigenvalue weighted by atomic mass is 9.99. The van der Waals surface area contributed by atoms with Crippen LogP contribution in [-0.4, -0.2) is 11.8 Å². The van der Waals surface area contributed by atoms with Crippen molar-refractivity contribution in [1.82, 2.24) is 5.32 Å². The van der Waals surface area contributed by atoms with Crippen LogP contribution in [0.25, 0.3) is 0 Å². The predicted octanol–water partition coefficient (Wildman–Crippen LogP) is 4.01. The Labute approximate surface area is 115 Å². The zero-order chi connectivity index (χ0) is 13.5. The molecule has 1 atom stereocenters. The predicted molar refractivity (Wildman–Crippen MR) is 77.0 cm³/mol. The molecule has 0 aliphatic rings. The summed E-state index contributed by atoms with van der Waals surface area (Å²) in [7, 11) is 0. The topological polar surface area (TPSA) is 29.1 Å². The molecule has 1 aromatic rings. The number of halogens is 1. The van der Waals surface area contributed by atoms with Gasteiger partial charge < -0.3 is 5.32 Å². The number of amides is 1. The Morgan fingerprint density at radius 2 is 1.72 bits per heavy atom. The first-order valence-electron chi connectivity index (χ1n) is 6.49. The minimum atomic E-state index is 0.0500. The van der Waals surface area contributed by atoms with Gasteiger partial charge in [-0.1, -0.05) is 38.1 Å². The van der Waals surface area contributed by atoms with E-state index in [0.29, 0.717) is 18.2 Å². The van der Waals surface area contributed by atoms with Crippen molar-refractivity contribution >= 4 is 17.5 Å². The summed E-state index contributed by atoms with van der Waals surface area (Å²) < 4.78 is 0. The van der Waals surface area contributed by atoms with Gasteiger partial charge >= 0.3 is 0 Å². The number of rotatable bonds is 6. The molecule has 1 rings (SSSR count). The molecule has 1 amide bonds. The zero-order valence-electron chi connectivity index (χ0n) is 11.4. The normalized spacial score (nSPS) is 12.5. The molecule has 18 heavy (non-hydrogen) atoms. The van der Waals surface area contributed by atoms with E-state index in [4.69, 9.17) is 11.6 Å². The maximum Gasteiger partial charge on any atom is 0.220 e. The maximum atomic E-state index is 11.6. The summed E-state index contributed by atoms with van der Waals surface area (Å²) in [5, 5.41) is 2.98. The van der Waals surface area contributed by atoms with Crippen molar-refractivity contribution < 1.29 is 4.79 Å². The minimum Gasteiger partial charge on any atom is -0.350 e. The lowest BCUT2D eigenvalue weighted by Crippen LogP contribution is -2.26. The summed E-state index contributed by atoms with van der Waals surface area (Å²) in [5.74, 6) is 1.13. The highest BCUT2D eigenvalue weighted by molar-refractivity contribution is 6.17. The van der Waals surface area contributed by atoms with Crippen LogP contribution in [0.1, 0.15) is 56.7 Å². The Kier molecular flexibility index (Phi) is 6.20. The molecule has 3 heteroatoms. The van der Waals surface area contributed by atoms with E-state index in [1.165, 1.54) is 5.56 Å². The second kappa shape index (κ2) is 7.42. The highest BCUT2D eigenvalue weighted by atomic mass is 35.5. The van der Waals surface area contributed by atoms with Crippen LogP contribution in [0.5, 0.6) is 0 Å². The highest BCUT2D eigenvalue weighted by Crippen LogP contribution is 2.18. The third-order valence-electron chi connectivity index (χ3n) is 3.02. The molecule has 0 saturated heterocycles. The molecule has 0 aliphatic heterocycles. The van der Waals surface area contributed by atoms with Crippen molar-refractivity contribution in [2.24, 2.45) is 0 Å². The minimum absolute atomic E-state index is 0.0500. The molecule has 1 aromatic carbocycles. The van der Waals surface area contributed by atoms with Crippen molar-refractivity contribution in [3.8, 4) is 0 Å². The number of alkyl halides is 1. The zero-order valence-corrected chi connectivity index (χ0v) is 12.1. The van der Waals surface area contributed by atoms with Gasteiger partial charge in [0.25, 0.3) is 0 Å². The van der Waals surface area contributed by atoms with Crippen molar-refractivity contribution in [3.63, 3.8) is 0 Å². The smallest absolute Gasteiger partial charge is 0.220 e. The summed E-state index contributed by atoms with van der Waals surface area (Å²) in [4.78, 5) is 11.6. The van der Waals surface area contributed by atoms with Gasteiger partial charge in [-0.15, -0.1) is 11.6 Å². The second-order valence-electron chi connectivity index (χ2n) is 4.90. The van der Waals surface area contributed by atoms with E-state index >= 15 is 0 Å². The number of carbonyl (C=O) groups is 1. The average molecular weight is 268 g/mol. The van der Waals surface area contributed by atoms with Gasteiger partial charge in [0.1, 0.15) is 0 Å². The van der Waals surface area contributed by atoms with E-state index < -0.39 is 0 Å². The molecule has 0 heterocycles. The van der Waals surface area contributed by atoms with Gasteiger partial charge in [-0.05, 0) is 30.4 Å². The Morgan fingerprint density at radius 1 is 1.17 bits per heavy atom. The molecular formula is C15H22ClNO. The quantitative estimate of drug-likeness (QED) is 0.776. The first-order valence-corrected chi connectivity index (χ1v) is 7.03. The van der Waals surface area contributed by atoms with Crippen LogP contribution in [-0.2, 0) is 4.79 Å². The number of benzene rings is 1. The van der Waals surface area contributed by atoms with Crippen LogP contribution in [0.2, 0.25) is 0 Å². The maximum absolute atomic E-state index is 11.6. The van der Waals surface area contributed by atoms with Crippen molar-refractivity contribution in [2.75, 3.05) is 5.88 Å². The molecule has 100 valence electrons. The van der Waals surface area contributed by atoms with Gasteiger partial charge in [-0.3, -0.25) is 4.79 Å². The molecule has 1 unspecified atom stereocenters. The third kappa shape index (κ3) is 4.69. The van der Waals surface area contributed by atoms with Crippen molar-refractivity contribution in [2.45, 2.75) is 45.6 Å². The van der Waals surface area contributed by atoms with Gasteiger partial charge in [0.15, 0.2) is 0 Å². The molecule has 0 radical (unpaired) electrons. The van der Waals surface area contributed by atoms with Gasteiger partial charge in [-0.2, -0.15) is 0 Å². The molecule has 0 aromatic heterocycles. The Hall–Kier alpha value is -1.02. The van der Waals surface area contributed by atoms with Crippen LogP contribution >= 0.6 is 11.6 Å². The van der Waals surface area contributed by atoms with Gasteiger partial charge in [0.2, 0.25) is 5.91 Å². The second-order valence-corrected chi connectivity index (χ2v) is 5.28. The van der Waals surface area contributed by atoms with E-state index in [-0.39, 0.29) is 11.9 Å². The van der Waals surface area contributed by atoms with Gasteiger partial charge in [0, 0.05) is 12.3 Å². The van der Waals surface area contributed by atoms with Gasteiger partial charge in [-0.25, -0.2) is 0 Å². The SMILES string of the molecule is CC(C)c1ccc(C(C)NC(=O)CCCCl)cc1. The lowest BCUT2D eigenvalue weighted by molar-refractivity contribution is -0.121. The molecule has 0 bridgehead atoms. The first kappa shape index (κ1) is 15.0. The standard InChI is InChI=1S/C15H22ClNO/c1-11(2)13-6-8-14(9-7-13)12(3)17-15(18)5-4-10-16/h6-9,11-12H,4-5,10H2,1-3H3,(H,17,18). The fraction of sp³-hybridized carbons (Fsp3) is 0.533. The van der Waals surface area contributed by atoms with E-state index in [9.17, 15) is 4.79 Å². The van der Waals surface area contributed by atoms with Crippen LogP contribution in [0, 0.1) is 0 Å². The van der Waals surface area contributed by atoms with Crippen molar-refractivity contribution in [3.05, 3.63) is 35.4 Å². The summed E-state index contributed by atoms with van der Waals surface area (Å²) in [6.07, 6.45) is 1.23. The molecule has 2 nitrogen and oxygen atoms in total. The number of hydrogen-bond acceptors (Lipinski definition) is 1. The number of nitrogens with one attached hydrogen (secondary N) is 1. The molecule has 0 spiro atoms. The molecule has 0 fully saturated rings. The van der Waals surface area contributed by atoms with E-state index in [0.717, 1.165) is 12.0 Å². The number of hydrogen-bond donors (Lipinski definition) is 1. The van der Waals surface area contributed by atoms with E-state index in [1.54, 1.807) is 0 Å². The Bertz CT molecular complexity index is 373. The van der Waals surface area contributed by atoms with Crippen LogP contribution in [0.3, 0.4) is 0 Å². The molecule has 0 saturated carbocycles. The first-order chi connectivity index (χ1) is 8.54. The van der Waals surface area contributed by atoms with Crippen LogP contribution in [0.4, 0.5) is 0 Å². The highest BCUT2D eigenvalue weighted by Gasteiger charge is 2.09. The fourth-order valence-electron chi connectivity index (χ4n) is 1.79. The summed E-state index contributed by atoms with van der Waals surface area (Å²) in [6.45, 7) is 6.35.